The van der Waals surface area contributed by atoms with Gasteiger partial charge in [0.25, 0.3) is 5.91 Å². The standard InChI is InChI=1S/C17H18N8O3/c1-25(11-4-2-9(3-5-11)16(28)21-7-12(26)27)8-10-6-20-13-14(18)23-17(19)24-15(13)22-10/h2-6H,7-8H2,1H3,(H,21,28)(H,26,27)(H4,18,19,22,23,24). The number of hydrogen-bond donors (Lipinski definition) is 4. The summed E-state index contributed by atoms with van der Waals surface area (Å²) in [5.74, 6) is -1.35. The van der Waals surface area contributed by atoms with Crippen molar-refractivity contribution in [2.24, 2.45) is 0 Å². The van der Waals surface area contributed by atoms with Gasteiger partial charge in [-0.25, -0.2) is 9.97 Å². The van der Waals surface area contributed by atoms with Crippen LogP contribution in [0.1, 0.15) is 16.1 Å². The summed E-state index contributed by atoms with van der Waals surface area (Å²) < 4.78 is 0. The van der Waals surface area contributed by atoms with E-state index in [1.165, 1.54) is 0 Å². The van der Waals surface area contributed by atoms with E-state index in [0.717, 1.165) is 5.69 Å². The highest BCUT2D eigenvalue weighted by Crippen LogP contribution is 2.18. The molecular weight excluding hydrogens is 364 g/mol. The number of nitrogens with one attached hydrogen (secondary N) is 1. The topological polar surface area (TPSA) is 173 Å². The van der Waals surface area contributed by atoms with Gasteiger partial charge in [-0.1, -0.05) is 0 Å². The molecule has 1 amide bonds. The molecule has 0 aliphatic rings. The lowest BCUT2D eigenvalue weighted by atomic mass is 10.2. The zero-order valence-electron chi connectivity index (χ0n) is 15.0. The highest BCUT2D eigenvalue weighted by atomic mass is 16.4. The monoisotopic (exact) mass is 382 g/mol. The Kier molecular flexibility index (Phi) is 5.16. The number of nitrogens with two attached hydrogens (primary N) is 2. The number of fused-ring (bicyclic) bond motifs is 1. The first-order chi connectivity index (χ1) is 13.3. The summed E-state index contributed by atoms with van der Waals surface area (Å²) in [5.41, 5.74) is 13.9. The predicted molar refractivity (Wildman–Crippen MR) is 102 cm³/mol. The van der Waals surface area contributed by atoms with E-state index in [2.05, 4.69) is 25.3 Å². The summed E-state index contributed by atoms with van der Waals surface area (Å²) in [5, 5.41) is 10.9. The van der Waals surface area contributed by atoms with Crippen LogP contribution in [0.15, 0.2) is 30.5 Å². The van der Waals surface area contributed by atoms with Crippen LogP contribution in [0.4, 0.5) is 17.5 Å². The number of carboxylic acid groups (broad SMARTS) is 1. The molecule has 0 bridgehead atoms. The Labute approximate surface area is 159 Å². The minimum atomic E-state index is -1.10. The molecule has 11 nitrogen and oxygen atoms in total. The zero-order chi connectivity index (χ0) is 20.3. The van der Waals surface area contributed by atoms with E-state index >= 15 is 0 Å². The first kappa shape index (κ1) is 18.8. The van der Waals surface area contributed by atoms with Crippen molar-refractivity contribution < 1.29 is 14.7 Å². The SMILES string of the molecule is CN(Cc1cnc2c(N)nc(N)nc2n1)c1ccc(C(=O)NCC(=O)O)cc1. The van der Waals surface area contributed by atoms with Crippen molar-refractivity contribution in [1.82, 2.24) is 25.3 Å². The molecule has 3 rings (SSSR count). The number of carboxylic acids is 1. The molecule has 0 unspecified atom stereocenters. The van der Waals surface area contributed by atoms with Crippen LogP contribution >= 0.6 is 0 Å². The van der Waals surface area contributed by atoms with Gasteiger partial charge in [0, 0.05) is 18.3 Å². The van der Waals surface area contributed by atoms with Crippen LogP contribution < -0.4 is 21.7 Å². The average Bonchev–Trinajstić information content (AvgIpc) is 2.65. The van der Waals surface area contributed by atoms with Crippen molar-refractivity contribution in [1.29, 1.82) is 0 Å². The maximum absolute atomic E-state index is 11.9. The molecule has 0 saturated heterocycles. The molecule has 0 aliphatic heterocycles. The van der Waals surface area contributed by atoms with Crippen molar-refractivity contribution in [3.8, 4) is 0 Å². The molecular formula is C17H18N8O3. The van der Waals surface area contributed by atoms with Gasteiger partial charge in [-0.3, -0.25) is 9.59 Å². The third-order valence-corrected chi connectivity index (χ3v) is 3.87. The summed E-state index contributed by atoms with van der Waals surface area (Å²) in [6, 6.07) is 6.73. The fraction of sp³-hybridized carbons (Fsp3) is 0.176. The van der Waals surface area contributed by atoms with Gasteiger partial charge < -0.3 is 26.8 Å². The van der Waals surface area contributed by atoms with Crippen LogP contribution in [0.5, 0.6) is 0 Å². The summed E-state index contributed by atoms with van der Waals surface area (Å²) >= 11 is 0. The molecule has 0 atom stereocenters. The van der Waals surface area contributed by atoms with Crippen molar-refractivity contribution in [2.75, 3.05) is 30.0 Å². The van der Waals surface area contributed by atoms with Gasteiger partial charge in [-0.05, 0) is 24.3 Å². The van der Waals surface area contributed by atoms with Gasteiger partial charge in [-0.2, -0.15) is 9.97 Å². The molecule has 2 heterocycles. The number of amides is 1. The number of nitrogen functional groups attached to an aromatic ring is 2. The molecule has 144 valence electrons. The smallest absolute Gasteiger partial charge is 0.322 e. The number of rotatable bonds is 6. The third-order valence-electron chi connectivity index (χ3n) is 3.87. The molecule has 1 aromatic carbocycles. The highest BCUT2D eigenvalue weighted by molar-refractivity contribution is 5.96. The van der Waals surface area contributed by atoms with E-state index in [1.54, 1.807) is 30.5 Å². The van der Waals surface area contributed by atoms with E-state index < -0.39 is 18.4 Å². The van der Waals surface area contributed by atoms with Crippen molar-refractivity contribution >= 4 is 40.5 Å². The fourth-order valence-corrected chi connectivity index (χ4v) is 2.52. The Hall–Kier alpha value is -4.02. The normalized spacial score (nSPS) is 10.6. The number of nitrogens with zero attached hydrogens (tertiary/aromatic N) is 5. The number of carbonyl (C=O) groups is 2. The molecule has 6 N–H and O–H groups in total. The fourth-order valence-electron chi connectivity index (χ4n) is 2.52. The van der Waals surface area contributed by atoms with Crippen molar-refractivity contribution in [3.63, 3.8) is 0 Å². The number of hydrogen-bond acceptors (Lipinski definition) is 9. The Morgan fingerprint density at radius 3 is 2.54 bits per heavy atom. The summed E-state index contributed by atoms with van der Waals surface area (Å²) in [6.07, 6.45) is 1.59. The van der Waals surface area contributed by atoms with Gasteiger partial charge in [-0.15, -0.1) is 0 Å². The average molecular weight is 382 g/mol. The highest BCUT2D eigenvalue weighted by Gasteiger charge is 2.11. The van der Waals surface area contributed by atoms with Crippen LogP contribution in [-0.2, 0) is 11.3 Å². The first-order valence-corrected chi connectivity index (χ1v) is 8.19. The maximum atomic E-state index is 11.9. The van der Waals surface area contributed by atoms with E-state index in [9.17, 15) is 9.59 Å². The Morgan fingerprint density at radius 1 is 1.14 bits per heavy atom. The van der Waals surface area contributed by atoms with E-state index in [4.69, 9.17) is 16.6 Å². The molecule has 28 heavy (non-hydrogen) atoms. The lowest BCUT2D eigenvalue weighted by Crippen LogP contribution is -2.29. The Bertz CT molecular complexity index is 1040. The minimum Gasteiger partial charge on any atom is -0.480 e. The summed E-state index contributed by atoms with van der Waals surface area (Å²) in [6.45, 7) is -0.00296. The predicted octanol–water partition coefficient (Wildman–Crippen LogP) is 0.0350. The molecule has 0 radical (unpaired) electrons. The van der Waals surface area contributed by atoms with Crippen molar-refractivity contribution in [3.05, 3.63) is 41.7 Å². The largest absolute Gasteiger partial charge is 0.480 e. The van der Waals surface area contributed by atoms with Gasteiger partial charge in [0.2, 0.25) is 5.95 Å². The number of aliphatic carboxylic acids is 1. The van der Waals surface area contributed by atoms with Crippen LogP contribution in [0.25, 0.3) is 11.2 Å². The second-order valence-corrected chi connectivity index (χ2v) is 5.98. The lowest BCUT2D eigenvalue weighted by molar-refractivity contribution is -0.135. The van der Waals surface area contributed by atoms with Gasteiger partial charge >= 0.3 is 5.97 Å². The number of anilines is 3. The van der Waals surface area contributed by atoms with Gasteiger partial charge in [0.05, 0.1) is 18.4 Å². The second kappa shape index (κ2) is 7.70. The Balaban J connectivity index is 1.72. The number of aromatic nitrogens is 4. The third kappa shape index (κ3) is 4.20. The molecule has 2 aromatic heterocycles. The van der Waals surface area contributed by atoms with Crippen LogP contribution in [-0.4, -0.2) is 50.5 Å². The molecule has 0 fully saturated rings. The van der Waals surface area contributed by atoms with Crippen molar-refractivity contribution in [2.45, 2.75) is 6.54 Å². The van der Waals surface area contributed by atoms with Crippen LogP contribution in [0, 0.1) is 0 Å². The summed E-state index contributed by atoms with van der Waals surface area (Å²) in [7, 11) is 1.86. The molecule has 3 aromatic rings. The molecule has 0 saturated carbocycles. The van der Waals surface area contributed by atoms with E-state index in [1.807, 2.05) is 11.9 Å². The van der Waals surface area contributed by atoms with Gasteiger partial charge in [0.15, 0.2) is 11.5 Å². The van der Waals surface area contributed by atoms with Gasteiger partial charge in [0.1, 0.15) is 12.1 Å². The number of benzene rings is 1. The quantitative estimate of drug-likeness (QED) is 0.455. The summed E-state index contributed by atoms with van der Waals surface area (Å²) in [4.78, 5) is 40.8. The van der Waals surface area contributed by atoms with E-state index in [0.29, 0.717) is 29.0 Å². The molecule has 0 aliphatic carbocycles. The maximum Gasteiger partial charge on any atom is 0.322 e. The van der Waals surface area contributed by atoms with Crippen LogP contribution in [0.3, 0.4) is 0 Å². The first-order valence-electron chi connectivity index (χ1n) is 8.19. The molecule has 0 spiro atoms. The van der Waals surface area contributed by atoms with Crippen LogP contribution in [0.2, 0.25) is 0 Å². The Morgan fingerprint density at radius 2 is 1.86 bits per heavy atom. The zero-order valence-corrected chi connectivity index (χ0v) is 15.0. The number of carbonyl (C=O) groups excluding carboxylic acids is 1. The molecule has 11 heteroatoms. The lowest BCUT2D eigenvalue weighted by Gasteiger charge is -2.19. The minimum absolute atomic E-state index is 0.0292. The van der Waals surface area contributed by atoms with E-state index in [-0.39, 0.29) is 11.8 Å². The second-order valence-electron chi connectivity index (χ2n) is 5.98.